The van der Waals surface area contributed by atoms with E-state index >= 15 is 4.39 Å². The molecule has 41 heavy (non-hydrogen) atoms. The Kier molecular flexibility index (Phi) is 10.8. The summed E-state index contributed by atoms with van der Waals surface area (Å²) in [4.78, 5) is 36.4. The number of imidazole rings is 1. The number of aliphatic hydroxyl groups is 1. The van der Waals surface area contributed by atoms with Gasteiger partial charge in [-0.2, -0.15) is 0 Å². The van der Waals surface area contributed by atoms with E-state index in [0.717, 1.165) is 22.7 Å². The van der Waals surface area contributed by atoms with Crippen LogP contribution < -0.4 is 10.8 Å². The van der Waals surface area contributed by atoms with Crippen LogP contribution in [0.1, 0.15) is 47.8 Å². The van der Waals surface area contributed by atoms with Crippen LogP contribution >= 0.6 is 31.1 Å². The number of aromatic nitrogens is 4. The molecule has 0 aromatic carbocycles. The van der Waals surface area contributed by atoms with Gasteiger partial charge < -0.3 is 20.3 Å². The number of nitrogens with one attached hydrogen (secondary N) is 1. The third-order valence-electron chi connectivity index (χ3n) is 5.68. The van der Waals surface area contributed by atoms with Gasteiger partial charge >= 0.3 is 13.7 Å². The second kappa shape index (κ2) is 13.2. The third kappa shape index (κ3) is 8.14. The lowest BCUT2D eigenvalue weighted by Gasteiger charge is -2.25. The predicted molar refractivity (Wildman–Crippen MR) is 150 cm³/mol. The molecule has 3 rings (SSSR count). The van der Waals surface area contributed by atoms with Gasteiger partial charge in [0.1, 0.15) is 30.1 Å². The fraction of sp³-hybridized carbons (Fsp3) is 0.696. The zero-order valence-electron chi connectivity index (χ0n) is 23.4. The van der Waals surface area contributed by atoms with Gasteiger partial charge in [-0.25, -0.2) is 29.0 Å². The number of halogens is 2. The van der Waals surface area contributed by atoms with Gasteiger partial charge in [-0.05, 0) is 20.8 Å². The van der Waals surface area contributed by atoms with Gasteiger partial charge in [0.05, 0.1) is 25.6 Å². The number of carbonyl (C=O) groups is 2. The molecule has 2 aromatic rings. The quantitative estimate of drug-likeness (QED) is 0.133. The van der Waals surface area contributed by atoms with E-state index in [2.05, 4.69) is 20.0 Å². The van der Waals surface area contributed by atoms with Gasteiger partial charge in [-0.3, -0.25) is 23.2 Å². The molecule has 3 heterocycles. The summed E-state index contributed by atoms with van der Waals surface area (Å²) in [5, 5.41) is 10.2. The Hall–Kier alpha value is -1.91. The van der Waals surface area contributed by atoms with E-state index in [4.69, 9.17) is 35.9 Å². The number of hydrogen-bond donors (Lipinski definition) is 3. The fourth-order valence-corrected chi connectivity index (χ4v) is 6.25. The van der Waals surface area contributed by atoms with Crippen LogP contribution in [-0.4, -0.2) is 84.2 Å². The number of thioether (sulfide) groups is 1. The minimum Gasteiger partial charge on any atom is -0.462 e. The largest absolute Gasteiger partial charge is 0.462 e. The average molecular weight is 641 g/mol. The van der Waals surface area contributed by atoms with Crippen molar-refractivity contribution in [2.24, 2.45) is 5.41 Å². The summed E-state index contributed by atoms with van der Waals surface area (Å²) in [7, 11) is -4.31. The number of fused-ring (bicyclic) bond motifs is 1. The van der Waals surface area contributed by atoms with Crippen molar-refractivity contribution in [3.8, 4) is 0 Å². The van der Waals surface area contributed by atoms with Crippen LogP contribution in [0.2, 0.25) is 0 Å². The molecule has 0 bridgehead atoms. The number of hydrogen-bond acceptors (Lipinski definition) is 13. The Morgan fingerprint density at radius 3 is 2.63 bits per heavy atom. The second-order valence-electron chi connectivity index (χ2n) is 10.6. The molecule has 1 fully saturated rings. The summed E-state index contributed by atoms with van der Waals surface area (Å²) >= 11 is 7.05. The zero-order chi connectivity index (χ0) is 30.8. The monoisotopic (exact) mass is 640 g/mol. The Labute approximate surface area is 245 Å². The van der Waals surface area contributed by atoms with Crippen molar-refractivity contribution < 1.29 is 42.2 Å². The van der Waals surface area contributed by atoms with Crippen molar-refractivity contribution in [3.63, 3.8) is 0 Å². The van der Waals surface area contributed by atoms with E-state index in [-0.39, 0.29) is 34.5 Å². The molecule has 1 aliphatic rings. The molecule has 14 nitrogen and oxygen atoms in total. The maximum Gasteiger partial charge on any atom is 0.406 e. The van der Waals surface area contributed by atoms with Crippen LogP contribution in [0.3, 0.4) is 0 Å². The summed E-state index contributed by atoms with van der Waals surface area (Å²) in [5.41, 5.74) is 5.48. The van der Waals surface area contributed by atoms with Gasteiger partial charge in [-0.1, -0.05) is 44.1 Å². The van der Waals surface area contributed by atoms with E-state index < -0.39 is 61.4 Å². The van der Waals surface area contributed by atoms with Crippen molar-refractivity contribution in [3.05, 3.63) is 12.7 Å². The lowest BCUT2D eigenvalue weighted by Crippen LogP contribution is -2.39. The summed E-state index contributed by atoms with van der Waals surface area (Å²) in [6, 6.07) is -1.13. The molecule has 4 N–H and O–H groups in total. The summed E-state index contributed by atoms with van der Waals surface area (Å²) < 4.78 is 52.1. The molecule has 230 valence electrons. The van der Waals surface area contributed by atoms with Crippen molar-refractivity contribution in [2.75, 3.05) is 24.7 Å². The number of nitrogens with two attached hydrogens (primary N) is 1. The molecule has 18 heteroatoms. The maximum absolute atomic E-state index is 15.6. The van der Waals surface area contributed by atoms with Gasteiger partial charge in [0.25, 0.3) is 5.13 Å². The molecule has 0 saturated carbocycles. The van der Waals surface area contributed by atoms with Crippen molar-refractivity contribution >= 4 is 59.2 Å². The first-order valence-corrected chi connectivity index (χ1v) is 15.6. The number of rotatable bonds is 12. The summed E-state index contributed by atoms with van der Waals surface area (Å²) in [6.07, 6.45) is -3.13. The van der Waals surface area contributed by atoms with Gasteiger partial charge in [-0.15, -0.1) is 0 Å². The van der Waals surface area contributed by atoms with E-state index in [0.29, 0.717) is 0 Å². The predicted octanol–water partition coefficient (Wildman–Crippen LogP) is 2.95. The van der Waals surface area contributed by atoms with Crippen molar-refractivity contribution in [2.45, 2.75) is 77.3 Å². The highest BCUT2D eigenvalue weighted by Crippen LogP contribution is 2.49. The standard InChI is InChI=1S/C23H35ClFN6O8PS/c1-12(2)38-19(33)13(3)30-40(35,36-7-8-41-21(34)22(4,5)6)37-9-14-16(32)23(24,25)20(39-14)31-11-29-15-17(26)27-10-28-18(15)31/h10-14,16,20,32H,7-9H2,1-6H3,(H,30,35)(H2,26,27,28)/t13-,14+,16+,20+,23+,40+/m0/s1. The highest BCUT2D eigenvalue weighted by Gasteiger charge is 2.58. The molecule has 6 atom stereocenters. The molecule has 0 amide bonds. The number of nitrogens with zero attached hydrogens (tertiary/aromatic N) is 4. The van der Waals surface area contributed by atoms with Crippen LogP contribution in [0.15, 0.2) is 12.7 Å². The van der Waals surface area contributed by atoms with Gasteiger partial charge in [0.2, 0.25) is 0 Å². The third-order valence-corrected chi connectivity index (χ3v) is 9.05. The molecule has 0 aliphatic carbocycles. The molecular formula is C23H35ClFN6O8PS. The highest BCUT2D eigenvalue weighted by atomic mass is 35.5. The van der Waals surface area contributed by atoms with E-state index in [1.54, 1.807) is 34.6 Å². The molecular weight excluding hydrogens is 606 g/mol. The maximum atomic E-state index is 15.6. The number of carbonyl (C=O) groups excluding carboxylic acids is 2. The molecule has 2 aromatic heterocycles. The fourth-order valence-electron chi connectivity index (χ4n) is 3.56. The second-order valence-corrected chi connectivity index (χ2v) is 14.0. The molecule has 0 radical (unpaired) electrons. The van der Waals surface area contributed by atoms with Crippen LogP contribution in [-0.2, 0) is 32.7 Å². The molecule has 0 unspecified atom stereocenters. The Morgan fingerprint density at radius 2 is 2.00 bits per heavy atom. The Balaban J connectivity index is 1.74. The highest BCUT2D eigenvalue weighted by molar-refractivity contribution is 8.13. The molecule has 1 saturated heterocycles. The van der Waals surface area contributed by atoms with Gasteiger partial charge in [0, 0.05) is 11.2 Å². The Morgan fingerprint density at radius 1 is 1.32 bits per heavy atom. The molecule has 1 aliphatic heterocycles. The number of aliphatic hydroxyl groups excluding tert-OH is 1. The zero-order valence-corrected chi connectivity index (χ0v) is 25.9. The Bertz CT molecular complexity index is 1290. The topological polar surface area (TPSA) is 190 Å². The van der Waals surface area contributed by atoms with Crippen LogP contribution in [0.5, 0.6) is 0 Å². The lowest BCUT2D eigenvalue weighted by molar-refractivity contribution is -0.149. The first-order valence-electron chi connectivity index (χ1n) is 12.6. The number of esters is 1. The minimum atomic E-state index is -4.31. The number of nitrogen functional groups attached to an aromatic ring is 1. The first-order chi connectivity index (χ1) is 19.0. The summed E-state index contributed by atoms with van der Waals surface area (Å²) in [5.74, 6) is -0.546. The van der Waals surface area contributed by atoms with Crippen LogP contribution in [0.4, 0.5) is 10.2 Å². The SMILES string of the molecule is CC(C)OC(=O)[C@H](C)N[P@@](=O)(OCCSC(=O)C(C)(C)C)OC[C@H]1O[C@@H](n2cnc3c(N)ncnc32)[C@@](F)(Cl)[C@@H]1O. The van der Waals surface area contributed by atoms with Crippen molar-refractivity contribution in [1.82, 2.24) is 24.6 Å². The number of anilines is 1. The van der Waals surface area contributed by atoms with E-state index in [1.807, 2.05) is 0 Å². The smallest absolute Gasteiger partial charge is 0.406 e. The van der Waals surface area contributed by atoms with E-state index in [9.17, 15) is 19.3 Å². The van der Waals surface area contributed by atoms with Crippen LogP contribution in [0, 0.1) is 5.41 Å². The van der Waals surface area contributed by atoms with Gasteiger partial charge in [0.15, 0.2) is 22.8 Å². The number of ether oxygens (including phenoxy) is 2. The number of alkyl halides is 2. The average Bonchev–Trinajstić information content (AvgIpc) is 3.38. The van der Waals surface area contributed by atoms with E-state index in [1.165, 1.54) is 13.3 Å². The first kappa shape index (κ1) is 33.6. The lowest BCUT2D eigenvalue weighted by atomic mass is 10.00. The normalized spacial score (nSPS) is 25.4. The molecule has 0 spiro atoms. The minimum absolute atomic E-state index is 0.0443. The van der Waals surface area contributed by atoms with Crippen LogP contribution in [0.25, 0.3) is 11.2 Å². The summed E-state index contributed by atoms with van der Waals surface area (Å²) in [6.45, 7) is 9.10. The van der Waals surface area contributed by atoms with Crippen molar-refractivity contribution in [1.29, 1.82) is 0 Å².